The number of rotatable bonds is 4. The number of fused-ring (bicyclic) bond motifs is 1. The number of methoxy groups -OCH3 is 1. The third-order valence-corrected chi connectivity index (χ3v) is 4.25. The molecular weight excluding hydrogens is 290 g/mol. The average Bonchev–Trinajstić information content (AvgIpc) is 2.59. The summed E-state index contributed by atoms with van der Waals surface area (Å²) in [4.78, 5) is 5.79. The lowest BCUT2D eigenvalue weighted by Crippen LogP contribution is -1.87. The second-order valence-corrected chi connectivity index (χ2v) is 5.72. The van der Waals surface area contributed by atoms with Crippen molar-refractivity contribution in [3.05, 3.63) is 65.9 Å². The van der Waals surface area contributed by atoms with Gasteiger partial charge in [-0.05, 0) is 42.2 Å². The molecule has 2 nitrogen and oxygen atoms in total. The maximum absolute atomic E-state index is 5.42. The Bertz CT molecular complexity index is 827. The van der Waals surface area contributed by atoms with Gasteiger partial charge in [-0.15, -0.1) is 11.8 Å². The number of nitrogens with zero attached hydrogens (tertiary/aromatic N) is 1. The minimum Gasteiger partial charge on any atom is -0.496 e. The van der Waals surface area contributed by atoms with Gasteiger partial charge in [0.05, 0.1) is 18.3 Å². The van der Waals surface area contributed by atoms with E-state index in [9.17, 15) is 0 Å². The van der Waals surface area contributed by atoms with E-state index in [1.54, 1.807) is 18.9 Å². The molecule has 0 fully saturated rings. The van der Waals surface area contributed by atoms with Gasteiger partial charge in [-0.25, -0.2) is 4.98 Å². The van der Waals surface area contributed by atoms with Gasteiger partial charge in [0.2, 0.25) is 0 Å². The standard InChI is InChI=1S/C19H17NOS/c1-21-18-13-14(8-12-19(18)22-2)7-10-16-11-9-15-5-3-4-6-17(15)20-16/h3-13H,1-2H3. The smallest absolute Gasteiger partial charge is 0.132 e. The van der Waals surface area contributed by atoms with Crippen LogP contribution in [0, 0.1) is 0 Å². The highest BCUT2D eigenvalue weighted by Crippen LogP contribution is 2.28. The van der Waals surface area contributed by atoms with Gasteiger partial charge in [-0.1, -0.05) is 36.4 Å². The first kappa shape index (κ1) is 14.7. The summed E-state index contributed by atoms with van der Waals surface area (Å²) in [5.74, 6) is 0.904. The van der Waals surface area contributed by atoms with Crippen LogP contribution in [0.1, 0.15) is 11.3 Å². The van der Waals surface area contributed by atoms with Crippen LogP contribution < -0.4 is 4.74 Å². The number of hydrogen-bond acceptors (Lipinski definition) is 3. The Morgan fingerprint density at radius 2 is 1.86 bits per heavy atom. The van der Waals surface area contributed by atoms with Crippen LogP contribution in [0.25, 0.3) is 23.1 Å². The molecule has 110 valence electrons. The summed E-state index contributed by atoms with van der Waals surface area (Å²) in [5, 5.41) is 1.16. The molecule has 1 heterocycles. The third kappa shape index (κ3) is 3.15. The molecule has 0 aliphatic rings. The molecule has 0 bridgehead atoms. The Morgan fingerprint density at radius 3 is 2.68 bits per heavy atom. The van der Waals surface area contributed by atoms with Crippen molar-refractivity contribution in [2.45, 2.75) is 4.90 Å². The van der Waals surface area contributed by atoms with Gasteiger partial charge in [-0.3, -0.25) is 0 Å². The highest BCUT2D eigenvalue weighted by molar-refractivity contribution is 7.98. The zero-order valence-corrected chi connectivity index (χ0v) is 13.4. The van der Waals surface area contributed by atoms with Crippen LogP contribution in [0.3, 0.4) is 0 Å². The topological polar surface area (TPSA) is 22.1 Å². The number of benzene rings is 2. The molecule has 3 rings (SSSR count). The Kier molecular flexibility index (Phi) is 4.45. The van der Waals surface area contributed by atoms with Crippen molar-refractivity contribution >= 4 is 34.8 Å². The minimum absolute atomic E-state index is 0.904. The van der Waals surface area contributed by atoms with Crippen LogP contribution in [0.2, 0.25) is 0 Å². The fourth-order valence-electron chi connectivity index (χ4n) is 2.31. The van der Waals surface area contributed by atoms with Gasteiger partial charge in [0, 0.05) is 10.3 Å². The molecule has 0 amide bonds. The summed E-state index contributed by atoms with van der Waals surface area (Å²) in [6.45, 7) is 0. The Hall–Kier alpha value is -2.26. The largest absolute Gasteiger partial charge is 0.496 e. The van der Waals surface area contributed by atoms with Crippen LogP contribution in [-0.2, 0) is 0 Å². The number of para-hydroxylation sites is 1. The van der Waals surface area contributed by atoms with E-state index < -0.39 is 0 Å². The molecule has 0 radical (unpaired) electrons. The van der Waals surface area contributed by atoms with E-state index in [2.05, 4.69) is 35.3 Å². The molecule has 0 N–H and O–H groups in total. The predicted molar refractivity (Wildman–Crippen MR) is 95.4 cm³/mol. The molecule has 2 aromatic carbocycles. The van der Waals surface area contributed by atoms with Crippen molar-refractivity contribution in [1.82, 2.24) is 4.98 Å². The van der Waals surface area contributed by atoms with Crippen LogP contribution in [-0.4, -0.2) is 18.3 Å². The Labute approximate surface area is 134 Å². The SMILES string of the molecule is COc1cc(C=Cc2ccc3ccccc3n2)ccc1SC. The second-order valence-electron chi connectivity index (χ2n) is 4.88. The monoisotopic (exact) mass is 307 g/mol. The first-order chi connectivity index (χ1) is 10.8. The molecule has 0 unspecified atom stereocenters. The van der Waals surface area contributed by atoms with E-state index in [1.807, 2.05) is 42.7 Å². The molecular formula is C19H17NOS. The van der Waals surface area contributed by atoms with Gasteiger partial charge < -0.3 is 4.74 Å². The molecule has 0 aliphatic heterocycles. The van der Waals surface area contributed by atoms with Gasteiger partial charge in [0.25, 0.3) is 0 Å². The molecule has 0 spiro atoms. The van der Waals surface area contributed by atoms with Crippen LogP contribution in [0.5, 0.6) is 5.75 Å². The molecule has 0 atom stereocenters. The molecule has 3 heteroatoms. The van der Waals surface area contributed by atoms with Crippen molar-refractivity contribution in [2.75, 3.05) is 13.4 Å². The quantitative estimate of drug-likeness (QED) is 0.623. The average molecular weight is 307 g/mol. The Balaban J connectivity index is 1.89. The summed E-state index contributed by atoms with van der Waals surface area (Å²) in [7, 11) is 1.70. The zero-order chi connectivity index (χ0) is 15.4. The lowest BCUT2D eigenvalue weighted by atomic mass is 10.1. The third-order valence-electron chi connectivity index (χ3n) is 3.47. The van der Waals surface area contributed by atoms with Gasteiger partial charge in [0.1, 0.15) is 5.75 Å². The van der Waals surface area contributed by atoms with Crippen LogP contribution in [0.4, 0.5) is 0 Å². The minimum atomic E-state index is 0.904. The lowest BCUT2D eigenvalue weighted by molar-refractivity contribution is 0.405. The maximum atomic E-state index is 5.42. The van der Waals surface area contributed by atoms with Gasteiger partial charge in [0.15, 0.2) is 0 Å². The predicted octanol–water partition coefficient (Wildman–Crippen LogP) is 5.14. The normalized spacial score (nSPS) is 11.2. The van der Waals surface area contributed by atoms with Crippen molar-refractivity contribution in [3.8, 4) is 5.75 Å². The summed E-state index contributed by atoms with van der Waals surface area (Å²) in [6, 6.07) is 18.5. The van der Waals surface area contributed by atoms with E-state index in [0.29, 0.717) is 0 Å². The fraction of sp³-hybridized carbons (Fsp3) is 0.105. The van der Waals surface area contributed by atoms with E-state index in [1.165, 1.54) is 0 Å². The molecule has 3 aromatic rings. The van der Waals surface area contributed by atoms with Crippen molar-refractivity contribution in [2.24, 2.45) is 0 Å². The summed E-state index contributed by atoms with van der Waals surface area (Å²) in [5.41, 5.74) is 3.07. The van der Waals surface area contributed by atoms with Crippen LogP contribution in [0.15, 0.2) is 59.5 Å². The van der Waals surface area contributed by atoms with E-state index in [4.69, 9.17) is 4.74 Å². The van der Waals surface area contributed by atoms with Gasteiger partial charge >= 0.3 is 0 Å². The summed E-state index contributed by atoms with van der Waals surface area (Å²) >= 11 is 1.68. The summed E-state index contributed by atoms with van der Waals surface area (Å²) < 4.78 is 5.42. The second kappa shape index (κ2) is 6.67. The lowest BCUT2D eigenvalue weighted by Gasteiger charge is -2.06. The van der Waals surface area contributed by atoms with Crippen molar-refractivity contribution in [1.29, 1.82) is 0 Å². The highest BCUT2D eigenvalue weighted by atomic mass is 32.2. The number of thioether (sulfide) groups is 1. The van der Waals surface area contributed by atoms with Crippen molar-refractivity contribution < 1.29 is 4.74 Å². The Morgan fingerprint density at radius 1 is 1.00 bits per heavy atom. The van der Waals surface area contributed by atoms with Gasteiger partial charge in [-0.2, -0.15) is 0 Å². The van der Waals surface area contributed by atoms with E-state index in [0.717, 1.165) is 32.8 Å². The van der Waals surface area contributed by atoms with Crippen LogP contribution >= 0.6 is 11.8 Å². The number of pyridine rings is 1. The number of ether oxygens (including phenoxy) is 1. The fourth-order valence-corrected chi connectivity index (χ4v) is 2.86. The molecule has 22 heavy (non-hydrogen) atoms. The van der Waals surface area contributed by atoms with E-state index >= 15 is 0 Å². The van der Waals surface area contributed by atoms with Crippen molar-refractivity contribution in [3.63, 3.8) is 0 Å². The number of hydrogen-bond donors (Lipinski definition) is 0. The molecule has 0 aliphatic carbocycles. The zero-order valence-electron chi connectivity index (χ0n) is 12.6. The molecule has 0 saturated heterocycles. The summed E-state index contributed by atoms with van der Waals surface area (Å²) in [6.07, 6.45) is 6.13. The number of aromatic nitrogens is 1. The first-order valence-corrected chi connectivity index (χ1v) is 8.28. The highest BCUT2D eigenvalue weighted by Gasteiger charge is 2.01. The maximum Gasteiger partial charge on any atom is 0.132 e. The molecule has 1 aromatic heterocycles. The van der Waals surface area contributed by atoms with E-state index in [-0.39, 0.29) is 0 Å². The molecule has 0 saturated carbocycles. The first-order valence-electron chi connectivity index (χ1n) is 7.06.